The Morgan fingerprint density at radius 1 is 1.22 bits per heavy atom. The zero-order valence-corrected chi connectivity index (χ0v) is 14.6. The lowest BCUT2D eigenvalue weighted by atomic mass is 10.1. The normalized spacial score (nSPS) is 11.6. The van der Waals surface area contributed by atoms with Crippen molar-refractivity contribution in [1.29, 1.82) is 0 Å². The van der Waals surface area contributed by atoms with Gasteiger partial charge in [0.15, 0.2) is 0 Å². The van der Waals surface area contributed by atoms with Crippen LogP contribution in [0.2, 0.25) is 0 Å². The summed E-state index contributed by atoms with van der Waals surface area (Å²) in [5.41, 5.74) is 1.19. The first-order chi connectivity index (χ1) is 11.0. The second-order valence-corrected chi connectivity index (χ2v) is 6.18. The zero-order valence-electron chi connectivity index (χ0n) is 12.5. The minimum atomic E-state index is -0.796. The Bertz CT molecular complexity index is 700. The van der Waals surface area contributed by atoms with Gasteiger partial charge < -0.3 is 15.2 Å². The van der Waals surface area contributed by atoms with Crippen molar-refractivity contribution in [3.8, 4) is 5.75 Å². The Kier molecular flexibility index (Phi) is 5.97. The Morgan fingerprint density at radius 2 is 1.91 bits per heavy atom. The quantitative estimate of drug-likeness (QED) is 0.571. The largest absolute Gasteiger partial charge is 0.508 e. The van der Waals surface area contributed by atoms with Crippen LogP contribution in [0.25, 0.3) is 0 Å². The highest BCUT2D eigenvalue weighted by Gasteiger charge is 2.22. The fraction of sp³-hybridized carbons (Fsp3) is 0.176. The second-order valence-electron chi connectivity index (χ2n) is 4.93. The second kappa shape index (κ2) is 7.96. The molecular formula is C17H16INO4. The van der Waals surface area contributed by atoms with E-state index >= 15 is 0 Å². The molecule has 23 heavy (non-hydrogen) atoms. The molecule has 0 aliphatic rings. The van der Waals surface area contributed by atoms with E-state index in [4.69, 9.17) is 4.74 Å². The molecule has 0 saturated carbocycles. The number of amides is 1. The average Bonchev–Trinajstić information content (AvgIpc) is 2.55. The van der Waals surface area contributed by atoms with Gasteiger partial charge in [-0.2, -0.15) is 0 Å². The van der Waals surface area contributed by atoms with Crippen LogP contribution in [0.4, 0.5) is 0 Å². The third-order valence-corrected chi connectivity index (χ3v) is 3.97. The number of carbonyl (C=O) groups is 2. The molecule has 5 nitrogen and oxygen atoms in total. The summed E-state index contributed by atoms with van der Waals surface area (Å²) in [6.45, 7) is 0. The first-order valence-electron chi connectivity index (χ1n) is 6.92. The van der Waals surface area contributed by atoms with Crippen molar-refractivity contribution in [1.82, 2.24) is 5.32 Å². The standard InChI is InChI=1S/C17H16INO4/c1-23-17(22)15(9-11-5-7-13(18)8-6-11)19-16(21)12-3-2-4-14(20)10-12/h2-8,10,15,20H,9H2,1H3,(H,19,21)/t15-/m0/s1. The topological polar surface area (TPSA) is 75.6 Å². The van der Waals surface area contributed by atoms with Crippen LogP contribution < -0.4 is 5.32 Å². The number of carbonyl (C=O) groups excluding carboxylic acids is 2. The highest BCUT2D eigenvalue weighted by Crippen LogP contribution is 2.13. The SMILES string of the molecule is COC(=O)[C@H](Cc1ccc(I)cc1)NC(=O)c1cccc(O)c1. The molecule has 0 aromatic heterocycles. The van der Waals surface area contributed by atoms with Crippen LogP contribution in [0.15, 0.2) is 48.5 Å². The third-order valence-electron chi connectivity index (χ3n) is 3.25. The van der Waals surface area contributed by atoms with Gasteiger partial charge in [-0.1, -0.05) is 18.2 Å². The molecule has 2 rings (SSSR count). The predicted molar refractivity (Wildman–Crippen MR) is 94.2 cm³/mol. The summed E-state index contributed by atoms with van der Waals surface area (Å²) < 4.78 is 5.85. The number of phenolic OH excluding ortho intramolecular Hbond substituents is 1. The van der Waals surface area contributed by atoms with E-state index in [1.807, 2.05) is 24.3 Å². The number of nitrogens with one attached hydrogen (secondary N) is 1. The third kappa shape index (κ3) is 4.95. The zero-order chi connectivity index (χ0) is 16.8. The number of methoxy groups -OCH3 is 1. The van der Waals surface area contributed by atoms with Gasteiger partial charge >= 0.3 is 5.97 Å². The summed E-state index contributed by atoms with van der Waals surface area (Å²) in [6.07, 6.45) is 0.328. The van der Waals surface area contributed by atoms with Crippen LogP contribution in [0.1, 0.15) is 15.9 Å². The highest BCUT2D eigenvalue weighted by molar-refractivity contribution is 14.1. The molecule has 0 unspecified atom stereocenters. The summed E-state index contributed by atoms with van der Waals surface area (Å²) in [5, 5.41) is 12.1. The number of hydrogen-bond acceptors (Lipinski definition) is 4. The minimum Gasteiger partial charge on any atom is -0.508 e. The number of esters is 1. The van der Waals surface area contributed by atoms with Crippen LogP contribution >= 0.6 is 22.6 Å². The van der Waals surface area contributed by atoms with E-state index in [1.165, 1.54) is 19.2 Å². The van der Waals surface area contributed by atoms with Crippen molar-refractivity contribution in [3.63, 3.8) is 0 Å². The van der Waals surface area contributed by atoms with Gasteiger partial charge in [0.05, 0.1) is 7.11 Å². The molecule has 2 aromatic carbocycles. The molecule has 1 amide bonds. The summed E-state index contributed by atoms with van der Waals surface area (Å²) >= 11 is 2.20. The number of aromatic hydroxyl groups is 1. The van der Waals surface area contributed by atoms with Crippen LogP contribution in [0.5, 0.6) is 5.75 Å². The van der Waals surface area contributed by atoms with Crippen molar-refractivity contribution >= 4 is 34.5 Å². The monoisotopic (exact) mass is 425 g/mol. The van der Waals surface area contributed by atoms with Gasteiger partial charge in [0.1, 0.15) is 11.8 Å². The lowest BCUT2D eigenvalue weighted by Gasteiger charge is -2.17. The average molecular weight is 425 g/mol. The highest BCUT2D eigenvalue weighted by atomic mass is 127. The van der Waals surface area contributed by atoms with Crippen molar-refractivity contribution in [3.05, 3.63) is 63.2 Å². The van der Waals surface area contributed by atoms with Gasteiger partial charge in [0.25, 0.3) is 5.91 Å². The van der Waals surface area contributed by atoms with Gasteiger partial charge in [-0.05, 0) is 58.5 Å². The van der Waals surface area contributed by atoms with Crippen molar-refractivity contribution in [2.45, 2.75) is 12.5 Å². The Labute approximate surface area is 147 Å². The Morgan fingerprint density at radius 3 is 2.52 bits per heavy atom. The van der Waals surface area contributed by atoms with E-state index in [1.54, 1.807) is 12.1 Å². The van der Waals surface area contributed by atoms with Crippen LogP contribution in [0.3, 0.4) is 0 Å². The first-order valence-corrected chi connectivity index (χ1v) is 7.99. The number of ether oxygens (including phenoxy) is 1. The van der Waals surface area contributed by atoms with Crippen molar-refractivity contribution in [2.24, 2.45) is 0 Å². The van der Waals surface area contributed by atoms with Gasteiger partial charge in [0, 0.05) is 15.6 Å². The van der Waals surface area contributed by atoms with Gasteiger partial charge in [-0.15, -0.1) is 0 Å². The van der Waals surface area contributed by atoms with Gasteiger partial charge in [-0.25, -0.2) is 4.79 Å². The molecule has 0 heterocycles. The van der Waals surface area contributed by atoms with Gasteiger partial charge in [0.2, 0.25) is 0 Å². The Balaban J connectivity index is 2.13. The molecule has 0 spiro atoms. The molecule has 120 valence electrons. The maximum Gasteiger partial charge on any atom is 0.328 e. The molecule has 2 N–H and O–H groups in total. The fourth-order valence-electron chi connectivity index (χ4n) is 2.08. The molecule has 0 fully saturated rings. The van der Waals surface area contributed by atoms with E-state index in [0.717, 1.165) is 9.13 Å². The molecule has 6 heteroatoms. The maximum absolute atomic E-state index is 12.2. The van der Waals surface area contributed by atoms with Crippen molar-refractivity contribution < 1.29 is 19.4 Å². The summed E-state index contributed by atoms with van der Waals surface area (Å²) in [6, 6.07) is 12.8. The summed E-state index contributed by atoms with van der Waals surface area (Å²) in [5.74, 6) is -0.969. The molecule has 0 radical (unpaired) electrons. The lowest BCUT2D eigenvalue weighted by molar-refractivity contribution is -0.142. The van der Waals surface area contributed by atoms with Crippen LogP contribution in [-0.2, 0) is 16.0 Å². The van der Waals surface area contributed by atoms with E-state index in [-0.39, 0.29) is 11.3 Å². The first kappa shape index (κ1) is 17.3. The molecule has 0 aliphatic heterocycles. The fourth-order valence-corrected chi connectivity index (χ4v) is 2.44. The number of hydrogen-bond donors (Lipinski definition) is 2. The van der Waals surface area contributed by atoms with Crippen molar-refractivity contribution in [2.75, 3.05) is 7.11 Å². The number of benzene rings is 2. The van der Waals surface area contributed by atoms with E-state index in [0.29, 0.717) is 6.42 Å². The summed E-state index contributed by atoms with van der Waals surface area (Å²) in [7, 11) is 1.28. The maximum atomic E-state index is 12.2. The lowest BCUT2D eigenvalue weighted by Crippen LogP contribution is -2.43. The smallest absolute Gasteiger partial charge is 0.328 e. The number of rotatable bonds is 5. The van der Waals surface area contributed by atoms with Gasteiger partial charge in [-0.3, -0.25) is 4.79 Å². The molecule has 1 atom stereocenters. The van der Waals surface area contributed by atoms with E-state index in [9.17, 15) is 14.7 Å². The Hall–Kier alpha value is -2.09. The van der Waals surface area contributed by atoms with E-state index < -0.39 is 17.9 Å². The van der Waals surface area contributed by atoms with Crippen LogP contribution in [-0.4, -0.2) is 30.1 Å². The predicted octanol–water partition coefficient (Wildman–Crippen LogP) is 2.51. The summed E-state index contributed by atoms with van der Waals surface area (Å²) in [4.78, 5) is 24.2. The molecule has 0 bridgehead atoms. The minimum absolute atomic E-state index is 0.00935. The molecule has 2 aromatic rings. The number of halogens is 1. The number of phenols is 1. The van der Waals surface area contributed by atoms with Crippen LogP contribution in [0, 0.1) is 3.57 Å². The molecule has 0 saturated heterocycles. The molecule has 0 aliphatic carbocycles. The molecular weight excluding hydrogens is 409 g/mol. The van der Waals surface area contributed by atoms with E-state index in [2.05, 4.69) is 27.9 Å².